The number of nitrogens with zero attached hydrogens (tertiary/aromatic N) is 2. The van der Waals surface area contributed by atoms with Gasteiger partial charge in [0.1, 0.15) is 11.6 Å². The lowest BCUT2D eigenvalue weighted by Crippen LogP contribution is -2.18. The summed E-state index contributed by atoms with van der Waals surface area (Å²) < 4.78 is 0.449. The molecule has 104 valence electrons. The van der Waals surface area contributed by atoms with Crippen LogP contribution in [0.2, 0.25) is 0 Å². The number of rotatable bonds is 6. The standard InChI is InChI=1S/C16H19N3S/c1-20-16(8-9-16)12-18-14-7-10-17-15(19-14)11-13-5-3-2-4-6-13/h2-7,10H,8-9,11-12H2,1H3,(H,17,18,19). The van der Waals surface area contributed by atoms with Gasteiger partial charge in [-0.05, 0) is 30.7 Å². The predicted octanol–water partition coefficient (Wildman–Crippen LogP) is 3.37. The van der Waals surface area contributed by atoms with E-state index >= 15 is 0 Å². The van der Waals surface area contributed by atoms with E-state index in [1.807, 2.05) is 42.2 Å². The number of benzene rings is 1. The van der Waals surface area contributed by atoms with Crippen molar-refractivity contribution in [1.82, 2.24) is 9.97 Å². The highest BCUT2D eigenvalue weighted by Crippen LogP contribution is 2.46. The van der Waals surface area contributed by atoms with Crippen LogP contribution in [0.15, 0.2) is 42.6 Å². The summed E-state index contributed by atoms with van der Waals surface area (Å²) in [7, 11) is 0. The Labute approximate surface area is 124 Å². The molecule has 20 heavy (non-hydrogen) atoms. The van der Waals surface area contributed by atoms with Crippen LogP contribution in [0.1, 0.15) is 24.2 Å². The molecular formula is C16H19N3S. The lowest BCUT2D eigenvalue weighted by Gasteiger charge is -2.13. The second kappa shape index (κ2) is 5.83. The topological polar surface area (TPSA) is 37.8 Å². The number of hydrogen-bond acceptors (Lipinski definition) is 4. The first-order valence-electron chi connectivity index (χ1n) is 6.95. The molecule has 0 saturated heterocycles. The van der Waals surface area contributed by atoms with E-state index in [0.717, 1.165) is 24.6 Å². The molecule has 3 rings (SSSR count). The van der Waals surface area contributed by atoms with Gasteiger partial charge < -0.3 is 5.32 Å². The molecule has 1 N–H and O–H groups in total. The quantitative estimate of drug-likeness (QED) is 0.883. The summed E-state index contributed by atoms with van der Waals surface area (Å²) in [6.07, 6.45) is 7.43. The normalized spacial score (nSPS) is 15.8. The fourth-order valence-electron chi connectivity index (χ4n) is 2.21. The van der Waals surface area contributed by atoms with E-state index in [9.17, 15) is 0 Å². The van der Waals surface area contributed by atoms with Crippen molar-refractivity contribution in [2.75, 3.05) is 18.1 Å². The lowest BCUT2D eigenvalue weighted by molar-refractivity contribution is 0.916. The second-order valence-corrected chi connectivity index (χ2v) is 6.54. The van der Waals surface area contributed by atoms with Crippen molar-refractivity contribution in [3.8, 4) is 0 Å². The predicted molar refractivity (Wildman–Crippen MR) is 85.2 cm³/mol. The van der Waals surface area contributed by atoms with Gasteiger partial charge in [0.25, 0.3) is 0 Å². The first-order chi connectivity index (χ1) is 9.80. The molecule has 1 saturated carbocycles. The minimum atomic E-state index is 0.449. The fraction of sp³-hybridized carbons (Fsp3) is 0.375. The Balaban J connectivity index is 1.64. The van der Waals surface area contributed by atoms with E-state index in [1.165, 1.54) is 18.4 Å². The fourth-order valence-corrected chi connectivity index (χ4v) is 2.93. The largest absolute Gasteiger partial charge is 0.369 e. The number of anilines is 1. The van der Waals surface area contributed by atoms with Gasteiger partial charge in [0.05, 0.1) is 0 Å². The summed E-state index contributed by atoms with van der Waals surface area (Å²) in [5.41, 5.74) is 1.24. The van der Waals surface area contributed by atoms with Crippen LogP contribution in [0, 0.1) is 0 Å². The Morgan fingerprint density at radius 2 is 2.00 bits per heavy atom. The molecule has 0 amide bonds. The zero-order valence-corrected chi connectivity index (χ0v) is 12.5. The summed E-state index contributed by atoms with van der Waals surface area (Å²) in [5.74, 6) is 1.81. The average Bonchev–Trinajstić information content (AvgIpc) is 3.27. The third-order valence-corrected chi connectivity index (χ3v) is 5.16. The van der Waals surface area contributed by atoms with Crippen LogP contribution in [0.4, 0.5) is 5.82 Å². The van der Waals surface area contributed by atoms with Gasteiger partial charge in [0.2, 0.25) is 0 Å². The third kappa shape index (κ3) is 3.31. The van der Waals surface area contributed by atoms with Crippen molar-refractivity contribution in [2.45, 2.75) is 24.0 Å². The summed E-state index contributed by atoms with van der Waals surface area (Å²) in [4.78, 5) is 8.96. The van der Waals surface area contributed by atoms with Crippen molar-refractivity contribution < 1.29 is 0 Å². The second-order valence-electron chi connectivity index (χ2n) is 5.26. The van der Waals surface area contributed by atoms with Crippen LogP contribution >= 0.6 is 11.8 Å². The molecule has 4 heteroatoms. The van der Waals surface area contributed by atoms with Gasteiger partial charge in [0.15, 0.2) is 0 Å². The van der Waals surface area contributed by atoms with Gasteiger partial charge in [-0.25, -0.2) is 9.97 Å². The highest BCUT2D eigenvalue weighted by molar-refractivity contribution is 8.00. The highest BCUT2D eigenvalue weighted by Gasteiger charge is 2.41. The lowest BCUT2D eigenvalue weighted by atomic mass is 10.1. The maximum atomic E-state index is 4.60. The Hall–Kier alpha value is -1.55. The number of hydrogen-bond donors (Lipinski definition) is 1. The molecular weight excluding hydrogens is 266 g/mol. The Morgan fingerprint density at radius 3 is 2.70 bits per heavy atom. The molecule has 2 aromatic rings. The maximum Gasteiger partial charge on any atom is 0.135 e. The van der Waals surface area contributed by atoms with Crippen molar-refractivity contribution in [1.29, 1.82) is 0 Å². The van der Waals surface area contributed by atoms with Gasteiger partial charge in [0, 0.05) is 23.9 Å². The van der Waals surface area contributed by atoms with Crippen molar-refractivity contribution in [3.63, 3.8) is 0 Å². The highest BCUT2D eigenvalue weighted by atomic mass is 32.2. The zero-order valence-electron chi connectivity index (χ0n) is 11.7. The van der Waals surface area contributed by atoms with Crippen LogP contribution in [0.3, 0.4) is 0 Å². The van der Waals surface area contributed by atoms with E-state index in [0.29, 0.717) is 4.75 Å². The molecule has 3 nitrogen and oxygen atoms in total. The molecule has 1 aliphatic carbocycles. The first kappa shape index (κ1) is 13.4. The van der Waals surface area contributed by atoms with Gasteiger partial charge in [-0.1, -0.05) is 30.3 Å². The van der Waals surface area contributed by atoms with Crippen LogP contribution < -0.4 is 5.32 Å². The van der Waals surface area contributed by atoms with Crippen molar-refractivity contribution in [3.05, 3.63) is 54.0 Å². The van der Waals surface area contributed by atoms with E-state index in [2.05, 4.69) is 33.7 Å². The average molecular weight is 285 g/mol. The van der Waals surface area contributed by atoms with E-state index < -0.39 is 0 Å². The van der Waals surface area contributed by atoms with Crippen LogP contribution in [-0.4, -0.2) is 27.5 Å². The van der Waals surface area contributed by atoms with Crippen LogP contribution in [0.25, 0.3) is 0 Å². The number of nitrogens with one attached hydrogen (secondary N) is 1. The molecule has 0 aliphatic heterocycles. The van der Waals surface area contributed by atoms with E-state index in [1.54, 1.807) is 0 Å². The van der Waals surface area contributed by atoms with Gasteiger partial charge in [-0.3, -0.25) is 0 Å². The van der Waals surface area contributed by atoms with E-state index in [4.69, 9.17) is 0 Å². The minimum Gasteiger partial charge on any atom is -0.369 e. The summed E-state index contributed by atoms with van der Waals surface area (Å²) >= 11 is 1.96. The molecule has 1 aliphatic rings. The summed E-state index contributed by atoms with van der Waals surface area (Å²) in [6, 6.07) is 12.3. The molecule has 0 radical (unpaired) electrons. The molecule has 1 aromatic heterocycles. The summed E-state index contributed by atoms with van der Waals surface area (Å²) in [6.45, 7) is 0.996. The Morgan fingerprint density at radius 1 is 1.20 bits per heavy atom. The number of thioether (sulfide) groups is 1. The van der Waals surface area contributed by atoms with Crippen LogP contribution in [-0.2, 0) is 6.42 Å². The van der Waals surface area contributed by atoms with Crippen LogP contribution in [0.5, 0.6) is 0 Å². The molecule has 1 aromatic carbocycles. The smallest absolute Gasteiger partial charge is 0.135 e. The molecule has 0 spiro atoms. The van der Waals surface area contributed by atoms with E-state index in [-0.39, 0.29) is 0 Å². The molecule has 1 fully saturated rings. The first-order valence-corrected chi connectivity index (χ1v) is 8.17. The SMILES string of the molecule is CSC1(CNc2ccnc(Cc3ccccc3)n2)CC1. The Bertz CT molecular complexity index is 567. The van der Waals surface area contributed by atoms with Gasteiger partial charge in [-0.15, -0.1) is 0 Å². The van der Waals surface area contributed by atoms with Crippen molar-refractivity contribution in [2.24, 2.45) is 0 Å². The summed E-state index contributed by atoms with van der Waals surface area (Å²) in [5, 5.41) is 3.45. The molecule has 0 bridgehead atoms. The van der Waals surface area contributed by atoms with Gasteiger partial charge in [-0.2, -0.15) is 11.8 Å². The third-order valence-electron chi connectivity index (χ3n) is 3.74. The van der Waals surface area contributed by atoms with Crippen molar-refractivity contribution >= 4 is 17.6 Å². The van der Waals surface area contributed by atoms with Gasteiger partial charge >= 0.3 is 0 Å². The zero-order chi connectivity index (χ0) is 13.8. The Kier molecular flexibility index (Phi) is 3.92. The molecule has 0 unspecified atom stereocenters. The number of aromatic nitrogens is 2. The minimum absolute atomic E-state index is 0.449. The molecule has 1 heterocycles. The molecule has 0 atom stereocenters. The monoisotopic (exact) mass is 285 g/mol. The maximum absolute atomic E-state index is 4.60.